The van der Waals surface area contributed by atoms with Gasteiger partial charge in [0.25, 0.3) is 0 Å². The normalized spacial score (nSPS) is 22.7. The fourth-order valence-electron chi connectivity index (χ4n) is 2.59. The Bertz CT molecular complexity index is 415. The number of ether oxygens (including phenoxy) is 1. The summed E-state index contributed by atoms with van der Waals surface area (Å²) in [6.07, 6.45) is 1.68. The van der Waals surface area contributed by atoms with Crippen LogP contribution in [0.2, 0.25) is 0 Å². The molecule has 1 fully saturated rings. The van der Waals surface area contributed by atoms with Gasteiger partial charge in [0.05, 0.1) is 18.8 Å². The van der Waals surface area contributed by atoms with Crippen molar-refractivity contribution < 1.29 is 4.74 Å². The molecule has 1 saturated heterocycles. The predicted molar refractivity (Wildman–Crippen MR) is 76.8 cm³/mol. The number of hydrogen-bond donors (Lipinski definition) is 2. The second-order valence-electron chi connectivity index (χ2n) is 5.45. The molecule has 2 rings (SSSR count). The van der Waals surface area contributed by atoms with Crippen LogP contribution < -0.4 is 11.5 Å². The van der Waals surface area contributed by atoms with Crippen molar-refractivity contribution in [1.82, 2.24) is 9.88 Å². The molecule has 2 unspecified atom stereocenters. The first kappa shape index (κ1) is 14.2. The number of hydrogen-bond acceptors (Lipinski definition) is 5. The van der Waals surface area contributed by atoms with E-state index in [1.54, 1.807) is 6.20 Å². The lowest BCUT2D eigenvalue weighted by Crippen LogP contribution is -2.49. The second kappa shape index (κ2) is 5.86. The third-order valence-electron chi connectivity index (χ3n) is 3.83. The van der Waals surface area contributed by atoms with E-state index in [0.29, 0.717) is 11.9 Å². The zero-order valence-electron chi connectivity index (χ0n) is 12.0. The highest BCUT2D eigenvalue weighted by Crippen LogP contribution is 2.26. The number of aromatic nitrogens is 1. The van der Waals surface area contributed by atoms with Gasteiger partial charge >= 0.3 is 0 Å². The van der Waals surface area contributed by atoms with Crippen molar-refractivity contribution in [3.8, 4) is 0 Å². The van der Waals surface area contributed by atoms with Crippen LogP contribution in [0.1, 0.15) is 31.0 Å². The van der Waals surface area contributed by atoms with E-state index in [2.05, 4.69) is 23.7 Å². The molecule has 0 spiro atoms. The van der Waals surface area contributed by atoms with E-state index in [1.165, 1.54) is 0 Å². The van der Waals surface area contributed by atoms with Crippen LogP contribution in [-0.4, -0.2) is 41.7 Å². The van der Waals surface area contributed by atoms with Gasteiger partial charge < -0.3 is 16.2 Å². The van der Waals surface area contributed by atoms with Crippen LogP contribution in [0.4, 0.5) is 5.82 Å². The third kappa shape index (κ3) is 3.05. The van der Waals surface area contributed by atoms with Crippen molar-refractivity contribution in [2.75, 3.05) is 25.4 Å². The van der Waals surface area contributed by atoms with Gasteiger partial charge in [-0.05, 0) is 32.4 Å². The van der Waals surface area contributed by atoms with Gasteiger partial charge in [0.15, 0.2) is 0 Å². The van der Waals surface area contributed by atoms with E-state index in [1.807, 2.05) is 13.0 Å². The van der Waals surface area contributed by atoms with E-state index in [-0.39, 0.29) is 12.1 Å². The van der Waals surface area contributed by atoms with Crippen LogP contribution in [0.3, 0.4) is 0 Å². The van der Waals surface area contributed by atoms with Gasteiger partial charge in [-0.25, -0.2) is 4.98 Å². The monoisotopic (exact) mass is 264 g/mol. The number of anilines is 1. The molecule has 4 N–H and O–H groups in total. The van der Waals surface area contributed by atoms with E-state index < -0.39 is 0 Å². The maximum atomic E-state index is 6.36. The third-order valence-corrected chi connectivity index (χ3v) is 3.83. The van der Waals surface area contributed by atoms with Gasteiger partial charge in [0.2, 0.25) is 0 Å². The Balaban J connectivity index is 2.17. The van der Waals surface area contributed by atoms with Crippen LogP contribution >= 0.6 is 0 Å². The van der Waals surface area contributed by atoms with Gasteiger partial charge in [0, 0.05) is 30.9 Å². The Kier molecular flexibility index (Phi) is 4.39. The Morgan fingerprint density at radius 3 is 2.84 bits per heavy atom. The van der Waals surface area contributed by atoms with Crippen LogP contribution in [0.5, 0.6) is 0 Å². The largest absolute Gasteiger partial charge is 0.383 e. The van der Waals surface area contributed by atoms with E-state index >= 15 is 0 Å². The molecule has 2 atom stereocenters. The minimum Gasteiger partial charge on any atom is -0.383 e. The highest BCUT2D eigenvalue weighted by Gasteiger charge is 2.29. The number of nitrogen functional groups attached to an aromatic ring is 1. The van der Waals surface area contributed by atoms with Crippen LogP contribution in [0.15, 0.2) is 12.3 Å². The van der Waals surface area contributed by atoms with Gasteiger partial charge in [-0.2, -0.15) is 0 Å². The lowest BCUT2D eigenvalue weighted by atomic mass is 9.97. The summed E-state index contributed by atoms with van der Waals surface area (Å²) >= 11 is 0. The summed E-state index contributed by atoms with van der Waals surface area (Å²) in [4.78, 5) is 6.52. The average molecular weight is 264 g/mol. The zero-order chi connectivity index (χ0) is 14.0. The summed E-state index contributed by atoms with van der Waals surface area (Å²) in [7, 11) is 0. The molecule has 1 aromatic heterocycles. The van der Waals surface area contributed by atoms with Crippen molar-refractivity contribution in [3.05, 3.63) is 23.4 Å². The number of nitrogens with two attached hydrogens (primary N) is 2. The number of morpholine rings is 1. The van der Waals surface area contributed by atoms with Gasteiger partial charge in [-0.15, -0.1) is 0 Å². The Morgan fingerprint density at radius 1 is 1.47 bits per heavy atom. The lowest BCUT2D eigenvalue weighted by Gasteiger charge is -2.38. The number of rotatable bonds is 3. The van der Waals surface area contributed by atoms with E-state index in [4.69, 9.17) is 16.2 Å². The molecule has 5 heteroatoms. The van der Waals surface area contributed by atoms with Crippen LogP contribution in [0, 0.1) is 6.92 Å². The molecule has 0 aromatic carbocycles. The standard InChI is InChI=1S/C14H24N4O/c1-9(2)18-6-7-19-11(8-18)13(15)12-10(3)4-5-17-14(12)16/h4-5,9,11,13H,6-8,15H2,1-3H3,(H2,16,17). The summed E-state index contributed by atoms with van der Waals surface area (Å²) in [5.74, 6) is 0.512. The fourth-order valence-corrected chi connectivity index (χ4v) is 2.59. The summed E-state index contributed by atoms with van der Waals surface area (Å²) in [5.41, 5.74) is 14.3. The van der Waals surface area contributed by atoms with E-state index in [9.17, 15) is 0 Å². The molecule has 106 valence electrons. The summed E-state index contributed by atoms with van der Waals surface area (Å²) in [6.45, 7) is 8.91. The van der Waals surface area contributed by atoms with Gasteiger partial charge in [-0.1, -0.05) is 0 Å². The molecule has 1 aliphatic heterocycles. The summed E-state index contributed by atoms with van der Waals surface area (Å²) < 4.78 is 5.83. The maximum absolute atomic E-state index is 6.36. The topological polar surface area (TPSA) is 77.4 Å². The van der Waals surface area contributed by atoms with Crippen molar-refractivity contribution in [2.24, 2.45) is 5.73 Å². The van der Waals surface area contributed by atoms with Crippen molar-refractivity contribution in [2.45, 2.75) is 39.0 Å². The average Bonchev–Trinajstić information content (AvgIpc) is 2.38. The molecule has 0 aliphatic carbocycles. The van der Waals surface area contributed by atoms with Crippen molar-refractivity contribution >= 4 is 5.82 Å². The Hall–Kier alpha value is -1.17. The molecule has 2 heterocycles. The molecular weight excluding hydrogens is 240 g/mol. The second-order valence-corrected chi connectivity index (χ2v) is 5.45. The summed E-state index contributed by atoms with van der Waals surface area (Å²) in [5, 5.41) is 0. The fraction of sp³-hybridized carbons (Fsp3) is 0.643. The molecule has 0 bridgehead atoms. The molecule has 0 radical (unpaired) electrons. The number of aryl methyl sites for hydroxylation is 1. The van der Waals surface area contributed by atoms with Crippen molar-refractivity contribution in [3.63, 3.8) is 0 Å². The highest BCUT2D eigenvalue weighted by atomic mass is 16.5. The quantitative estimate of drug-likeness (QED) is 0.854. The van der Waals surface area contributed by atoms with Crippen LogP contribution in [0.25, 0.3) is 0 Å². The molecule has 1 aromatic rings. The van der Waals surface area contributed by atoms with E-state index in [0.717, 1.165) is 30.8 Å². The molecule has 19 heavy (non-hydrogen) atoms. The Labute approximate surface area is 114 Å². The minimum atomic E-state index is -0.227. The molecule has 5 nitrogen and oxygen atoms in total. The smallest absolute Gasteiger partial charge is 0.128 e. The zero-order valence-corrected chi connectivity index (χ0v) is 12.0. The molecule has 0 amide bonds. The highest BCUT2D eigenvalue weighted by molar-refractivity contribution is 5.46. The molecular formula is C14H24N4O. The number of pyridine rings is 1. The van der Waals surface area contributed by atoms with Crippen molar-refractivity contribution in [1.29, 1.82) is 0 Å². The molecule has 0 saturated carbocycles. The van der Waals surface area contributed by atoms with Gasteiger partial charge in [-0.3, -0.25) is 4.90 Å². The first-order valence-corrected chi connectivity index (χ1v) is 6.83. The maximum Gasteiger partial charge on any atom is 0.128 e. The molecule has 1 aliphatic rings. The lowest BCUT2D eigenvalue weighted by molar-refractivity contribution is -0.0502. The number of nitrogens with zero attached hydrogens (tertiary/aromatic N) is 2. The summed E-state index contributed by atoms with van der Waals surface area (Å²) in [6, 6.07) is 2.22. The van der Waals surface area contributed by atoms with Gasteiger partial charge in [0.1, 0.15) is 5.82 Å². The minimum absolute atomic E-state index is 0.0265. The first-order valence-electron chi connectivity index (χ1n) is 6.83. The first-order chi connectivity index (χ1) is 9.00. The van der Waals surface area contributed by atoms with Crippen LogP contribution in [-0.2, 0) is 4.74 Å². The Morgan fingerprint density at radius 2 is 2.21 bits per heavy atom. The predicted octanol–water partition coefficient (Wildman–Crippen LogP) is 1.08. The SMILES string of the molecule is Cc1ccnc(N)c1C(N)C1CN(C(C)C)CCO1.